The molecular formula is C20H22O. The summed E-state index contributed by atoms with van der Waals surface area (Å²) >= 11 is 0. The van der Waals surface area contributed by atoms with Crippen LogP contribution in [0.25, 0.3) is 11.1 Å². The van der Waals surface area contributed by atoms with Gasteiger partial charge in [-0.25, -0.2) is 0 Å². The summed E-state index contributed by atoms with van der Waals surface area (Å²) in [6, 6.07) is 8.77. The second-order valence-electron chi connectivity index (χ2n) is 7.56. The van der Waals surface area contributed by atoms with Crippen LogP contribution < -0.4 is 0 Å². The summed E-state index contributed by atoms with van der Waals surface area (Å²) < 4.78 is 0. The van der Waals surface area contributed by atoms with Gasteiger partial charge >= 0.3 is 0 Å². The van der Waals surface area contributed by atoms with E-state index in [2.05, 4.69) is 32.9 Å². The molecule has 0 fully saturated rings. The van der Waals surface area contributed by atoms with Gasteiger partial charge in [-0.1, -0.05) is 32.9 Å². The van der Waals surface area contributed by atoms with Crippen molar-refractivity contribution in [3.8, 4) is 16.9 Å². The molecule has 0 aliphatic heterocycles. The molecule has 4 rings (SSSR count). The average molecular weight is 278 g/mol. The van der Waals surface area contributed by atoms with Crippen LogP contribution in [-0.4, -0.2) is 5.11 Å². The van der Waals surface area contributed by atoms with Gasteiger partial charge in [-0.3, -0.25) is 0 Å². The Balaban J connectivity index is 2.01. The molecule has 2 aromatic rings. The maximum absolute atomic E-state index is 9.92. The number of aryl methyl sites for hydroxylation is 4. The quantitative estimate of drug-likeness (QED) is 0.749. The molecule has 1 heteroatoms. The van der Waals surface area contributed by atoms with Crippen LogP contribution in [0.15, 0.2) is 24.3 Å². The lowest BCUT2D eigenvalue weighted by Gasteiger charge is -2.32. The third kappa shape index (κ3) is 1.91. The van der Waals surface area contributed by atoms with Crippen molar-refractivity contribution < 1.29 is 5.11 Å². The summed E-state index contributed by atoms with van der Waals surface area (Å²) in [7, 11) is 0. The fourth-order valence-electron chi connectivity index (χ4n) is 3.92. The summed E-state index contributed by atoms with van der Waals surface area (Å²) in [6.07, 6.45) is 4.30. The fraction of sp³-hybridized carbons (Fsp3) is 0.400. The monoisotopic (exact) mass is 278 g/mol. The van der Waals surface area contributed by atoms with Crippen molar-refractivity contribution in [2.75, 3.05) is 0 Å². The molecule has 1 N–H and O–H groups in total. The largest absolute Gasteiger partial charge is 0.508 e. The summed E-state index contributed by atoms with van der Waals surface area (Å²) in [6.45, 7) is 6.89. The molecule has 0 aromatic heterocycles. The van der Waals surface area contributed by atoms with Crippen molar-refractivity contribution in [1.82, 2.24) is 0 Å². The van der Waals surface area contributed by atoms with Crippen molar-refractivity contribution in [1.29, 1.82) is 0 Å². The highest BCUT2D eigenvalue weighted by Crippen LogP contribution is 2.45. The topological polar surface area (TPSA) is 20.2 Å². The minimum absolute atomic E-state index is 0.209. The van der Waals surface area contributed by atoms with Gasteiger partial charge in [0.25, 0.3) is 0 Å². The molecule has 0 saturated heterocycles. The normalized spacial score (nSPS) is 15.8. The van der Waals surface area contributed by atoms with Gasteiger partial charge in [-0.2, -0.15) is 0 Å². The third-order valence-electron chi connectivity index (χ3n) is 5.03. The molecule has 0 spiro atoms. The van der Waals surface area contributed by atoms with Gasteiger partial charge in [0.15, 0.2) is 0 Å². The van der Waals surface area contributed by atoms with E-state index in [1.54, 1.807) is 0 Å². The Hall–Kier alpha value is -1.76. The fourth-order valence-corrected chi connectivity index (χ4v) is 3.92. The minimum atomic E-state index is 0.209. The molecule has 2 aliphatic rings. The molecule has 1 nitrogen and oxygen atoms in total. The second-order valence-corrected chi connectivity index (χ2v) is 7.56. The van der Waals surface area contributed by atoms with Crippen molar-refractivity contribution in [3.63, 3.8) is 0 Å². The van der Waals surface area contributed by atoms with Gasteiger partial charge < -0.3 is 5.11 Å². The van der Waals surface area contributed by atoms with E-state index in [1.807, 2.05) is 12.1 Å². The maximum Gasteiger partial charge on any atom is 0.116 e. The van der Waals surface area contributed by atoms with Crippen molar-refractivity contribution >= 4 is 0 Å². The molecule has 21 heavy (non-hydrogen) atoms. The first-order valence-corrected chi connectivity index (χ1v) is 7.95. The van der Waals surface area contributed by atoms with Crippen LogP contribution in [-0.2, 0) is 31.1 Å². The second kappa shape index (κ2) is 4.13. The van der Waals surface area contributed by atoms with Crippen LogP contribution in [0.1, 0.15) is 48.6 Å². The minimum Gasteiger partial charge on any atom is -0.508 e. The first-order valence-electron chi connectivity index (χ1n) is 7.95. The van der Waals surface area contributed by atoms with E-state index in [-0.39, 0.29) is 5.41 Å². The number of hydrogen-bond donors (Lipinski definition) is 1. The van der Waals surface area contributed by atoms with E-state index in [1.165, 1.54) is 38.9 Å². The number of phenolic OH excluding ortho intramolecular Hbond substituents is 1. The van der Waals surface area contributed by atoms with E-state index in [9.17, 15) is 5.11 Å². The highest BCUT2D eigenvalue weighted by atomic mass is 16.3. The van der Waals surface area contributed by atoms with Gasteiger partial charge in [0.05, 0.1) is 0 Å². The van der Waals surface area contributed by atoms with Crippen molar-refractivity contribution in [2.24, 2.45) is 0 Å². The Morgan fingerprint density at radius 1 is 0.714 bits per heavy atom. The van der Waals surface area contributed by atoms with E-state index < -0.39 is 0 Å². The Morgan fingerprint density at radius 2 is 1.10 bits per heavy atom. The summed E-state index contributed by atoms with van der Waals surface area (Å²) in [5.41, 5.74) is 10.3. The van der Waals surface area contributed by atoms with Crippen molar-refractivity contribution in [3.05, 3.63) is 52.1 Å². The number of rotatable bonds is 0. The van der Waals surface area contributed by atoms with E-state index in [0.29, 0.717) is 5.75 Å². The number of hydrogen-bond acceptors (Lipinski definition) is 1. The first-order chi connectivity index (χ1) is 9.93. The molecular weight excluding hydrogens is 256 g/mol. The molecule has 108 valence electrons. The lowest BCUT2D eigenvalue weighted by molar-refractivity contribution is 0.473. The van der Waals surface area contributed by atoms with E-state index >= 15 is 0 Å². The Bertz CT molecular complexity index is 697. The smallest absolute Gasteiger partial charge is 0.116 e. The van der Waals surface area contributed by atoms with Crippen LogP contribution in [0.2, 0.25) is 0 Å². The Morgan fingerprint density at radius 3 is 1.48 bits per heavy atom. The summed E-state index contributed by atoms with van der Waals surface area (Å²) in [4.78, 5) is 0. The van der Waals surface area contributed by atoms with Crippen LogP contribution >= 0.6 is 0 Å². The van der Waals surface area contributed by atoms with E-state index in [4.69, 9.17) is 0 Å². The van der Waals surface area contributed by atoms with E-state index in [0.717, 1.165) is 25.7 Å². The Kier molecular flexibility index (Phi) is 2.54. The lowest BCUT2D eigenvalue weighted by Crippen LogP contribution is -2.18. The van der Waals surface area contributed by atoms with Crippen molar-refractivity contribution in [2.45, 2.75) is 51.9 Å². The van der Waals surface area contributed by atoms with Gasteiger partial charge in [0.2, 0.25) is 0 Å². The zero-order valence-electron chi connectivity index (χ0n) is 13.1. The highest BCUT2D eigenvalue weighted by molar-refractivity contribution is 5.82. The molecule has 0 unspecified atom stereocenters. The molecule has 2 aliphatic carbocycles. The highest BCUT2D eigenvalue weighted by Gasteiger charge is 2.28. The molecule has 0 radical (unpaired) electrons. The third-order valence-corrected chi connectivity index (χ3v) is 5.03. The number of aromatic hydroxyl groups is 1. The maximum atomic E-state index is 9.92. The Labute approximate surface area is 126 Å². The molecule has 0 amide bonds. The van der Waals surface area contributed by atoms with Crippen LogP contribution in [0.5, 0.6) is 5.75 Å². The van der Waals surface area contributed by atoms with Gasteiger partial charge in [-0.15, -0.1) is 0 Å². The van der Waals surface area contributed by atoms with Gasteiger partial charge in [0, 0.05) is 0 Å². The molecule has 0 bridgehead atoms. The first kappa shape index (κ1) is 12.9. The standard InChI is InChI=1S/C20H22O/c1-20(2,3)16-8-12-4-6-14-10-17(21)11-15-7-5-13(9-16)18(12)19(14)15/h8-11,21H,4-7H2,1-3H3. The van der Waals surface area contributed by atoms with Crippen LogP contribution in [0, 0.1) is 0 Å². The lowest BCUT2D eigenvalue weighted by atomic mass is 9.72. The molecule has 0 atom stereocenters. The number of phenols is 1. The summed E-state index contributed by atoms with van der Waals surface area (Å²) in [5, 5.41) is 9.92. The SMILES string of the molecule is CC(C)(C)c1cc2c3c(c1)CCc1cc(O)cc(c1-3)CC2. The van der Waals surface area contributed by atoms with Gasteiger partial charge in [0.1, 0.15) is 5.75 Å². The average Bonchev–Trinajstić information content (AvgIpc) is 2.42. The zero-order valence-corrected chi connectivity index (χ0v) is 13.1. The molecule has 0 heterocycles. The van der Waals surface area contributed by atoms with Gasteiger partial charge in [-0.05, 0) is 82.2 Å². The molecule has 0 saturated carbocycles. The predicted molar refractivity (Wildman–Crippen MR) is 87.1 cm³/mol. The predicted octanol–water partition coefficient (Wildman–Crippen LogP) is 4.55. The summed E-state index contributed by atoms with van der Waals surface area (Å²) in [5.74, 6) is 0.432. The van der Waals surface area contributed by atoms with Crippen LogP contribution in [0.4, 0.5) is 0 Å². The zero-order chi connectivity index (χ0) is 14.8. The molecule has 2 aromatic carbocycles. The number of benzene rings is 2. The van der Waals surface area contributed by atoms with Crippen LogP contribution in [0.3, 0.4) is 0 Å².